The van der Waals surface area contributed by atoms with E-state index in [2.05, 4.69) is 10.3 Å². The number of halogens is 1. The number of carboxylic acid groups (broad SMARTS) is 1. The van der Waals surface area contributed by atoms with Crippen molar-refractivity contribution in [3.8, 4) is 0 Å². The number of nitrogens with one attached hydrogen (secondary N) is 1. The van der Waals surface area contributed by atoms with E-state index in [0.29, 0.717) is 5.69 Å². The van der Waals surface area contributed by atoms with Crippen LogP contribution < -0.4 is 5.32 Å². The first-order chi connectivity index (χ1) is 9.09. The lowest BCUT2D eigenvalue weighted by Gasteiger charge is -2.07. The quantitative estimate of drug-likeness (QED) is 0.903. The molecule has 0 atom stereocenters. The second-order valence-electron chi connectivity index (χ2n) is 3.64. The lowest BCUT2D eigenvalue weighted by atomic mass is 10.2. The molecule has 0 radical (unpaired) electrons. The normalized spacial score (nSPS) is 9.95. The highest BCUT2D eigenvalue weighted by Gasteiger charge is 2.21. The van der Waals surface area contributed by atoms with E-state index >= 15 is 0 Å². The van der Waals surface area contributed by atoms with Gasteiger partial charge in [-0.25, -0.2) is 4.79 Å². The van der Waals surface area contributed by atoms with Gasteiger partial charge in [0.1, 0.15) is 11.3 Å². The number of hydrogen-bond donors (Lipinski definition) is 2. The van der Waals surface area contributed by atoms with Crippen LogP contribution in [0, 0.1) is 0 Å². The molecule has 0 saturated carbocycles. The van der Waals surface area contributed by atoms with Crippen LogP contribution in [0.2, 0.25) is 5.02 Å². The monoisotopic (exact) mass is 276 g/mol. The molecule has 19 heavy (non-hydrogen) atoms. The average Bonchev–Trinajstić information content (AvgIpc) is 2.39. The molecule has 0 aliphatic rings. The van der Waals surface area contributed by atoms with Crippen molar-refractivity contribution in [1.29, 1.82) is 0 Å². The summed E-state index contributed by atoms with van der Waals surface area (Å²) in [5, 5.41) is 11.6. The third-order valence-electron chi connectivity index (χ3n) is 2.36. The Labute approximate surface area is 113 Å². The topological polar surface area (TPSA) is 79.3 Å². The number of carbonyl (C=O) groups excluding carboxylic acids is 1. The van der Waals surface area contributed by atoms with E-state index < -0.39 is 11.9 Å². The van der Waals surface area contributed by atoms with E-state index in [0.717, 1.165) is 0 Å². The molecular weight excluding hydrogens is 268 g/mol. The minimum atomic E-state index is -1.30. The largest absolute Gasteiger partial charge is 0.478 e. The first-order valence-corrected chi connectivity index (χ1v) is 5.71. The molecule has 1 heterocycles. The van der Waals surface area contributed by atoms with Gasteiger partial charge in [-0.3, -0.25) is 9.78 Å². The fourth-order valence-electron chi connectivity index (χ4n) is 1.53. The van der Waals surface area contributed by atoms with Gasteiger partial charge in [-0.2, -0.15) is 0 Å². The molecule has 0 bridgehead atoms. The van der Waals surface area contributed by atoms with Crippen LogP contribution in [0.5, 0.6) is 0 Å². The number of benzene rings is 1. The van der Waals surface area contributed by atoms with E-state index in [1.165, 1.54) is 12.3 Å². The van der Waals surface area contributed by atoms with Gasteiger partial charge in [-0.05, 0) is 18.2 Å². The van der Waals surface area contributed by atoms with Crippen LogP contribution in [-0.4, -0.2) is 22.0 Å². The molecule has 2 aromatic rings. The summed E-state index contributed by atoms with van der Waals surface area (Å²) in [4.78, 5) is 26.9. The Hall–Kier alpha value is -2.40. The summed E-state index contributed by atoms with van der Waals surface area (Å²) in [5.74, 6) is -1.91. The number of nitrogens with zero attached hydrogens (tertiary/aromatic N) is 1. The van der Waals surface area contributed by atoms with Crippen LogP contribution in [0.25, 0.3) is 0 Å². The van der Waals surface area contributed by atoms with Gasteiger partial charge in [0.05, 0.1) is 5.02 Å². The van der Waals surface area contributed by atoms with E-state index in [4.69, 9.17) is 16.7 Å². The summed E-state index contributed by atoms with van der Waals surface area (Å²) in [5.41, 5.74) is 0.0204. The Kier molecular flexibility index (Phi) is 3.77. The maximum atomic E-state index is 12.0. The van der Waals surface area contributed by atoms with Crippen molar-refractivity contribution in [2.45, 2.75) is 0 Å². The van der Waals surface area contributed by atoms with Crippen LogP contribution in [0.3, 0.4) is 0 Å². The number of hydrogen-bond acceptors (Lipinski definition) is 3. The van der Waals surface area contributed by atoms with Gasteiger partial charge in [0, 0.05) is 11.9 Å². The fourth-order valence-corrected chi connectivity index (χ4v) is 1.75. The second kappa shape index (κ2) is 5.49. The molecule has 5 nitrogen and oxygen atoms in total. The summed E-state index contributed by atoms with van der Waals surface area (Å²) in [6.07, 6.45) is 1.29. The molecule has 6 heteroatoms. The molecule has 0 spiro atoms. The maximum Gasteiger partial charge on any atom is 0.339 e. The van der Waals surface area contributed by atoms with Gasteiger partial charge in [0.15, 0.2) is 0 Å². The number of para-hydroxylation sites is 1. The van der Waals surface area contributed by atoms with E-state index in [-0.39, 0.29) is 16.3 Å². The Morgan fingerprint density at radius 3 is 2.47 bits per heavy atom. The zero-order chi connectivity index (χ0) is 13.8. The van der Waals surface area contributed by atoms with Gasteiger partial charge in [0.2, 0.25) is 0 Å². The third kappa shape index (κ3) is 2.89. The van der Waals surface area contributed by atoms with E-state index in [9.17, 15) is 9.59 Å². The standard InChI is InChI=1S/C13H9ClN2O3/c14-9-6-7-15-11(10(9)13(18)19)12(17)16-8-4-2-1-3-5-8/h1-7H,(H,16,17)(H,18,19). The molecule has 0 saturated heterocycles. The van der Waals surface area contributed by atoms with Gasteiger partial charge in [-0.1, -0.05) is 29.8 Å². The number of rotatable bonds is 3. The maximum absolute atomic E-state index is 12.0. The number of carboxylic acids is 1. The highest BCUT2D eigenvalue weighted by Crippen LogP contribution is 2.19. The number of carbonyl (C=O) groups is 2. The van der Waals surface area contributed by atoms with Crippen LogP contribution in [0.15, 0.2) is 42.6 Å². The van der Waals surface area contributed by atoms with E-state index in [1.807, 2.05) is 0 Å². The Bertz CT molecular complexity index is 629. The van der Waals surface area contributed by atoms with Gasteiger partial charge in [-0.15, -0.1) is 0 Å². The first kappa shape index (κ1) is 13.0. The van der Waals surface area contributed by atoms with Crippen molar-refractivity contribution in [1.82, 2.24) is 4.98 Å². The van der Waals surface area contributed by atoms with Crippen molar-refractivity contribution in [3.05, 3.63) is 58.9 Å². The van der Waals surface area contributed by atoms with E-state index in [1.54, 1.807) is 30.3 Å². The van der Waals surface area contributed by atoms with Gasteiger partial charge in [0.25, 0.3) is 5.91 Å². The van der Waals surface area contributed by atoms with Gasteiger partial charge >= 0.3 is 5.97 Å². The number of aromatic carboxylic acids is 1. The van der Waals surface area contributed by atoms with Crippen molar-refractivity contribution in [2.24, 2.45) is 0 Å². The molecule has 0 aliphatic heterocycles. The van der Waals surface area contributed by atoms with Crippen LogP contribution in [-0.2, 0) is 0 Å². The Morgan fingerprint density at radius 2 is 1.84 bits per heavy atom. The molecule has 0 unspecified atom stereocenters. The zero-order valence-electron chi connectivity index (χ0n) is 9.63. The van der Waals surface area contributed by atoms with Crippen LogP contribution >= 0.6 is 11.6 Å². The van der Waals surface area contributed by atoms with Gasteiger partial charge < -0.3 is 10.4 Å². The smallest absolute Gasteiger partial charge is 0.339 e. The predicted octanol–water partition coefficient (Wildman–Crippen LogP) is 2.69. The highest BCUT2D eigenvalue weighted by molar-refractivity contribution is 6.34. The molecule has 1 aromatic carbocycles. The van der Waals surface area contributed by atoms with Crippen LogP contribution in [0.1, 0.15) is 20.8 Å². The molecule has 0 aliphatic carbocycles. The Balaban J connectivity index is 2.35. The average molecular weight is 277 g/mol. The number of amides is 1. The summed E-state index contributed by atoms with van der Waals surface area (Å²) >= 11 is 5.77. The highest BCUT2D eigenvalue weighted by atomic mass is 35.5. The SMILES string of the molecule is O=C(Nc1ccccc1)c1nccc(Cl)c1C(=O)O. The minimum Gasteiger partial charge on any atom is -0.478 e. The summed E-state index contributed by atoms with van der Waals surface area (Å²) < 4.78 is 0. The zero-order valence-corrected chi connectivity index (χ0v) is 10.4. The molecule has 0 fully saturated rings. The lowest BCUT2D eigenvalue weighted by Crippen LogP contribution is -2.18. The first-order valence-electron chi connectivity index (χ1n) is 5.34. The number of aromatic nitrogens is 1. The van der Waals surface area contributed by atoms with Crippen LogP contribution in [0.4, 0.5) is 5.69 Å². The molecule has 2 rings (SSSR count). The lowest BCUT2D eigenvalue weighted by molar-refractivity contribution is 0.0692. The molecular formula is C13H9ClN2O3. The fraction of sp³-hybridized carbons (Fsp3) is 0. The molecule has 96 valence electrons. The molecule has 1 amide bonds. The summed E-state index contributed by atoms with van der Waals surface area (Å²) in [6, 6.07) is 9.99. The Morgan fingerprint density at radius 1 is 1.16 bits per heavy atom. The minimum absolute atomic E-state index is 0.0271. The van der Waals surface area contributed by atoms with Crippen molar-refractivity contribution >= 4 is 29.2 Å². The molecule has 1 aromatic heterocycles. The van der Waals surface area contributed by atoms with Crippen molar-refractivity contribution in [2.75, 3.05) is 5.32 Å². The number of pyridine rings is 1. The third-order valence-corrected chi connectivity index (χ3v) is 2.68. The summed E-state index contributed by atoms with van der Waals surface area (Å²) in [7, 11) is 0. The van der Waals surface area contributed by atoms with Crippen molar-refractivity contribution in [3.63, 3.8) is 0 Å². The molecule has 2 N–H and O–H groups in total. The summed E-state index contributed by atoms with van der Waals surface area (Å²) in [6.45, 7) is 0. The van der Waals surface area contributed by atoms with Crippen molar-refractivity contribution < 1.29 is 14.7 Å². The number of anilines is 1. The predicted molar refractivity (Wildman–Crippen MR) is 70.6 cm³/mol. The second-order valence-corrected chi connectivity index (χ2v) is 4.05.